The van der Waals surface area contributed by atoms with Crippen LogP contribution in [-0.4, -0.2) is 22.2 Å². The third-order valence-electron chi connectivity index (χ3n) is 10.1. The monoisotopic (exact) mass is 588 g/mol. The summed E-state index contributed by atoms with van der Waals surface area (Å²) in [4.78, 5) is 22.8. The van der Waals surface area contributed by atoms with E-state index in [0.29, 0.717) is 33.8 Å². The molecule has 6 heteroatoms. The van der Waals surface area contributed by atoms with Gasteiger partial charge in [0.05, 0.1) is 11.1 Å². The maximum Gasteiger partial charge on any atom is 0.335 e. The molecule has 0 aromatic heterocycles. The molecule has 6 nitrogen and oxygen atoms in total. The summed E-state index contributed by atoms with van der Waals surface area (Å²) in [7, 11) is 0. The van der Waals surface area contributed by atoms with Gasteiger partial charge in [0.1, 0.15) is 23.0 Å². The fourth-order valence-corrected chi connectivity index (χ4v) is 9.29. The number of carbonyl (C=O) groups is 2. The van der Waals surface area contributed by atoms with Crippen molar-refractivity contribution in [3.63, 3.8) is 0 Å². The highest BCUT2D eigenvalue weighted by Crippen LogP contribution is 2.70. The molecular formula is C38H36O6. The number of ether oxygens (including phenoxy) is 2. The molecule has 44 heavy (non-hydrogen) atoms. The maximum absolute atomic E-state index is 11.4. The van der Waals surface area contributed by atoms with E-state index in [1.807, 2.05) is 24.3 Å². The fraction of sp³-hybridized carbons (Fsp3) is 0.316. The molecule has 0 amide bonds. The number of para-hydroxylation sites is 1. The van der Waals surface area contributed by atoms with Crippen molar-refractivity contribution in [1.82, 2.24) is 0 Å². The van der Waals surface area contributed by atoms with E-state index in [0.717, 1.165) is 17.0 Å². The van der Waals surface area contributed by atoms with E-state index in [-0.39, 0.29) is 16.5 Å². The number of hydrogen-bond donors (Lipinski definition) is 2. The van der Waals surface area contributed by atoms with E-state index in [2.05, 4.69) is 32.0 Å². The molecule has 4 aromatic rings. The Balaban J connectivity index is 1.32. The highest BCUT2D eigenvalue weighted by molar-refractivity contribution is 5.88. The molecule has 2 N–H and O–H groups in total. The summed E-state index contributed by atoms with van der Waals surface area (Å²) in [5.41, 5.74) is 4.32. The third kappa shape index (κ3) is 5.12. The second kappa shape index (κ2) is 10.3. The van der Waals surface area contributed by atoms with Gasteiger partial charge in [-0.3, -0.25) is 0 Å². The van der Waals surface area contributed by atoms with Crippen LogP contribution in [0.5, 0.6) is 23.0 Å². The van der Waals surface area contributed by atoms with Gasteiger partial charge in [-0.15, -0.1) is 0 Å². The van der Waals surface area contributed by atoms with E-state index < -0.39 is 11.9 Å². The van der Waals surface area contributed by atoms with Crippen LogP contribution in [0, 0.1) is 16.7 Å². The third-order valence-corrected chi connectivity index (χ3v) is 10.1. The van der Waals surface area contributed by atoms with Crippen molar-refractivity contribution in [2.75, 3.05) is 0 Å². The first kappa shape index (κ1) is 28.2. The average molecular weight is 589 g/mol. The molecule has 0 heterocycles. The molecular weight excluding hydrogens is 552 g/mol. The van der Waals surface area contributed by atoms with Gasteiger partial charge in [-0.2, -0.15) is 0 Å². The Kier molecular flexibility index (Phi) is 6.58. The summed E-state index contributed by atoms with van der Waals surface area (Å²) in [6, 6.07) is 27.2. The lowest BCUT2D eigenvalue weighted by Crippen LogP contribution is -2.56. The quantitative estimate of drug-likeness (QED) is 0.213. The van der Waals surface area contributed by atoms with Crippen molar-refractivity contribution in [2.45, 2.75) is 57.8 Å². The first-order valence-electron chi connectivity index (χ1n) is 15.3. The topological polar surface area (TPSA) is 93.1 Å². The van der Waals surface area contributed by atoms with Gasteiger partial charge in [0.2, 0.25) is 0 Å². The summed E-state index contributed by atoms with van der Waals surface area (Å²) < 4.78 is 12.8. The minimum atomic E-state index is -0.987. The first-order valence-corrected chi connectivity index (χ1v) is 15.3. The molecule has 4 aromatic carbocycles. The lowest BCUT2D eigenvalue weighted by molar-refractivity contribution is -0.110. The van der Waals surface area contributed by atoms with Gasteiger partial charge in [0.15, 0.2) is 0 Å². The van der Waals surface area contributed by atoms with E-state index in [4.69, 9.17) is 9.47 Å². The highest BCUT2D eigenvalue weighted by Gasteiger charge is 2.60. The molecule has 0 saturated heterocycles. The van der Waals surface area contributed by atoms with E-state index in [1.165, 1.54) is 56.2 Å². The van der Waals surface area contributed by atoms with Crippen molar-refractivity contribution in [2.24, 2.45) is 16.7 Å². The molecule has 0 aliphatic heterocycles. The van der Waals surface area contributed by atoms with Crippen molar-refractivity contribution in [1.29, 1.82) is 0 Å². The predicted molar refractivity (Wildman–Crippen MR) is 168 cm³/mol. The van der Waals surface area contributed by atoms with Crippen LogP contribution in [0.1, 0.15) is 78.7 Å². The van der Waals surface area contributed by atoms with Crippen molar-refractivity contribution in [3.8, 4) is 34.1 Å². The molecule has 8 rings (SSSR count). The highest BCUT2D eigenvalue weighted by atomic mass is 16.5. The minimum Gasteiger partial charge on any atom is -0.478 e. The lowest BCUT2D eigenvalue weighted by Gasteiger charge is -2.65. The van der Waals surface area contributed by atoms with Crippen molar-refractivity contribution < 1.29 is 29.3 Å². The van der Waals surface area contributed by atoms with Crippen LogP contribution in [0.4, 0.5) is 0 Å². The largest absolute Gasteiger partial charge is 0.478 e. The fourth-order valence-electron chi connectivity index (χ4n) is 9.29. The molecule has 0 spiro atoms. The molecule has 4 aliphatic carbocycles. The zero-order valence-corrected chi connectivity index (χ0v) is 25.0. The summed E-state index contributed by atoms with van der Waals surface area (Å²) in [6.45, 7) is 4.98. The zero-order valence-electron chi connectivity index (χ0n) is 25.0. The van der Waals surface area contributed by atoms with Crippen LogP contribution in [0.3, 0.4) is 0 Å². The Labute approximate surface area is 257 Å². The van der Waals surface area contributed by atoms with Gasteiger partial charge < -0.3 is 19.7 Å². The molecule has 4 bridgehead atoms. The van der Waals surface area contributed by atoms with E-state index >= 15 is 0 Å². The normalized spacial score (nSPS) is 26.7. The van der Waals surface area contributed by atoms with Gasteiger partial charge in [-0.1, -0.05) is 38.1 Å². The molecule has 2 unspecified atom stereocenters. The van der Waals surface area contributed by atoms with Crippen molar-refractivity contribution >= 4 is 11.9 Å². The van der Waals surface area contributed by atoms with Crippen LogP contribution in [0.15, 0.2) is 91.0 Å². The van der Waals surface area contributed by atoms with Gasteiger partial charge in [0.25, 0.3) is 0 Å². The maximum atomic E-state index is 11.4. The standard InChI is InChI=1S/C38H36O6/c1-36-18-24-19-37(2,21-36)23-38(20-24,22-36)27-11-16-33(44-29-14-9-26(10-15-29)35(41)42)31(17-27)30-5-3-4-6-32(30)43-28-12-7-25(8-13-28)34(39)40/h3-17,24H,18-23H2,1-2H3,(H,39,40)(H,41,42). The first-order chi connectivity index (χ1) is 21.0. The molecule has 0 radical (unpaired) electrons. The minimum absolute atomic E-state index is 0.113. The average Bonchev–Trinajstić information content (AvgIpc) is 2.96. The van der Waals surface area contributed by atoms with Crippen LogP contribution in [-0.2, 0) is 5.41 Å². The SMILES string of the molecule is CC12CC3CC(C)(C1)CC(c1ccc(Oc4ccc(C(=O)O)cc4)c(-c4ccccc4Oc4ccc(C(=O)O)cc4)c1)(C3)C2. The second-order valence-corrected chi connectivity index (χ2v) is 14.0. The molecule has 2 atom stereocenters. The van der Waals surface area contributed by atoms with Gasteiger partial charge >= 0.3 is 11.9 Å². The molecule has 224 valence electrons. The zero-order chi connectivity index (χ0) is 30.7. The summed E-state index contributed by atoms with van der Waals surface area (Å²) in [5, 5.41) is 18.7. The van der Waals surface area contributed by atoms with Crippen LogP contribution in [0.2, 0.25) is 0 Å². The lowest BCUT2D eigenvalue weighted by atomic mass is 9.39. The Morgan fingerprint density at radius 3 is 1.68 bits per heavy atom. The smallest absolute Gasteiger partial charge is 0.335 e. The number of benzene rings is 4. The van der Waals surface area contributed by atoms with Gasteiger partial charge in [-0.25, -0.2) is 9.59 Å². The van der Waals surface area contributed by atoms with E-state index in [1.54, 1.807) is 36.4 Å². The molecule has 4 saturated carbocycles. The summed E-state index contributed by atoms with van der Waals surface area (Å²) in [6.07, 6.45) is 7.54. The van der Waals surface area contributed by atoms with Crippen molar-refractivity contribution in [3.05, 3.63) is 108 Å². The Hall–Kier alpha value is -4.58. The number of rotatable bonds is 8. The predicted octanol–water partition coefficient (Wildman–Crippen LogP) is 9.58. The summed E-state index contributed by atoms with van der Waals surface area (Å²) in [5.74, 6) is 1.13. The number of carboxylic acid groups (broad SMARTS) is 2. The van der Waals surface area contributed by atoms with E-state index in [9.17, 15) is 19.8 Å². The Morgan fingerprint density at radius 2 is 1.16 bits per heavy atom. The van der Waals surface area contributed by atoms with Crippen LogP contribution in [0.25, 0.3) is 11.1 Å². The Morgan fingerprint density at radius 1 is 0.636 bits per heavy atom. The molecule has 4 fully saturated rings. The van der Waals surface area contributed by atoms with Gasteiger partial charge in [0, 0.05) is 11.1 Å². The second-order valence-electron chi connectivity index (χ2n) is 14.0. The summed E-state index contributed by atoms with van der Waals surface area (Å²) >= 11 is 0. The molecule has 4 aliphatic rings. The number of aromatic carboxylic acids is 2. The number of carboxylic acids is 2. The van der Waals surface area contributed by atoms with Crippen LogP contribution >= 0.6 is 0 Å². The van der Waals surface area contributed by atoms with Gasteiger partial charge in [-0.05, 0) is 133 Å². The van der Waals surface area contributed by atoms with Crippen LogP contribution < -0.4 is 9.47 Å². The Bertz CT molecular complexity index is 1740. The number of hydrogen-bond acceptors (Lipinski definition) is 4.